The van der Waals surface area contributed by atoms with E-state index in [1.54, 1.807) is 24.3 Å². The zero-order valence-corrected chi connectivity index (χ0v) is 20.5. The molecule has 2 aromatic carbocycles. The lowest BCUT2D eigenvalue weighted by atomic mass is 9.87. The van der Waals surface area contributed by atoms with E-state index >= 15 is 0 Å². The van der Waals surface area contributed by atoms with E-state index in [-0.39, 0.29) is 5.75 Å². The Labute approximate surface area is 205 Å². The molecule has 1 aliphatic heterocycles. The van der Waals surface area contributed by atoms with Crippen molar-refractivity contribution in [2.45, 2.75) is 37.1 Å². The Hall–Kier alpha value is -3.44. The molecule has 3 aromatic rings. The topological polar surface area (TPSA) is 116 Å². The number of urea groups is 1. The number of hydrazine groups is 1. The first-order valence-electron chi connectivity index (χ1n) is 10.6. The van der Waals surface area contributed by atoms with Gasteiger partial charge in [-0.05, 0) is 49.1 Å². The van der Waals surface area contributed by atoms with Crippen LogP contribution < -0.4 is 16.1 Å². The number of carbonyl (C=O) groups is 3. The van der Waals surface area contributed by atoms with Crippen LogP contribution >= 0.6 is 23.1 Å². The van der Waals surface area contributed by atoms with Crippen molar-refractivity contribution in [2.75, 3.05) is 11.1 Å². The molecule has 1 atom stereocenters. The average molecular weight is 497 g/mol. The standard InChI is InChI=1S/C23H24N6O3S2/c1-4-23(16-8-6-5-7-9-16)19(31)29(21(32)25-23)28-18(30)13-33-22-27-26-20(34-22)24-17-11-10-14(2)15(3)12-17/h5-12H,4,13H2,1-3H3,(H,24,26)(H,25,32)(H,28,30). The summed E-state index contributed by atoms with van der Waals surface area (Å²) in [4.78, 5) is 38.1. The van der Waals surface area contributed by atoms with Gasteiger partial charge in [-0.25, -0.2) is 4.79 Å². The number of nitrogens with zero attached hydrogens (tertiary/aromatic N) is 3. The van der Waals surface area contributed by atoms with E-state index in [1.165, 1.54) is 34.2 Å². The van der Waals surface area contributed by atoms with Crippen molar-refractivity contribution in [1.29, 1.82) is 0 Å². The van der Waals surface area contributed by atoms with Gasteiger partial charge in [0.1, 0.15) is 5.54 Å². The number of aryl methyl sites for hydroxylation is 2. The van der Waals surface area contributed by atoms with Crippen molar-refractivity contribution in [3.05, 3.63) is 65.2 Å². The van der Waals surface area contributed by atoms with E-state index in [0.29, 0.717) is 21.5 Å². The minimum atomic E-state index is -1.20. The Morgan fingerprint density at radius 3 is 2.59 bits per heavy atom. The summed E-state index contributed by atoms with van der Waals surface area (Å²) in [5.41, 5.74) is 5.16. The molecule has 0 radical (unpaired) electrons. The second-order valence-corrected chi connectivity index (χ2v) is 10.0. The summed E-state index contributed by atoms with van der Waals surface area (Å²) in [6, 6.07) is 14.4. The average Bonchev–Trinajstić information content (AvgIpc) is 3.38. The molecule has 0 bridgehead atoms. The Morgan fingerprint density at radius 1 is 1.12 bits per heavy atom. The molecule has 1 aromatic heterocycles. The number of benzene rings is 2. The maximum atomic E-state index is 13.1. The lowest BCUT2D eigenvalue weighted by molar-refractivity contribution is -0.138. The van der Waals surface area contributed by atoms with Crippen LogP contribution in [0.25, 0.3) is 0 Å². The second kappa shape index (κ2) is 9.82. The lowest BCUT2D eigenvalue weighted by Gasteiger charge is -2.25. The molecule has 3 N–H and O–H groups in total. The van der Waals surface area contributed by atoms with Gasteiger partial charge in [-0.15, -0.1) is 10.2 Å². The maximum absolute atomic E-state index is 13.1. The van der Waals surface area contributed by atoms with Gasteiger partial charge in [-0.2, -0.15) is 5.01 Å². The van der Waals surface area contributed by atoms with Crippen LogP contribution in [-0.2, 0) is 15.1 Å². The van der Waals surface area contributed by atoms with E-state index in [1.807, 2.05) is 45.0 Å². The summed E-state index contributed by atoms with van der Waals surface area (Å²) in [5.74, 6) is -1.03. The fraction of sp³-hybridized carbons (Fsp3) is 0.261. The molecule has 9 nitrogen and oxygen atoms in total. The van der Waals surface area contributed by atoms with Gasteiger partial charge in [0, 0.05) is 5.69 Å². The Morgan fingerprint density at radius 2 is 1.88 bits per heavy atom. The third kappa shape index (κ3) is 4.75. The molecule has 1 unspecified atom stereocenters. The first kappa shape index (κ1) is 23.7. The largest absolute Gasteiger partial charge is 0.344 e. The third-order valence-corrected chi connectivity index (χ3v) is 7.59. The Kier molecular flexibility index (Phi) is 6.85. The highest BCUT2D eigenvalue weighted by atomic mass is 32.2. The van der Waals surface area contributed by atoms with Gasteiger partial charge in [-0.1, -0.05) is 66.4 Å². The zero-order chi connectivity index (χ0) is 24.3. The summed E-state index contributed by atoms with van der Waals surface area (Å²) in [7, 11) is 0. The van der Waals surface area contributed by atoms with Crippen molar-refractivity contribution in [2.24, 2.45) is 0 Å². The van der Waals surface area contributed by atoms with Gasteiger partial charge in [0.05, 0.1) is 5.75 Å². The number of aromatic nitrogens is 2. The van der Waals surface area contributed by atoms with Crippen molar-refractivity contribution < 1.29 is 14.4 Å². The van der Waals surface area contributed by atoms with Crippen molar-refractivity contribution >= 4 is 51.8 Å². The number of hydrogen-bond acceptors (Lipinski definition) is 8. The first-order valence-corrected chi connectivity index (χ1v) is 12.4. The molecule has 1 fully saturated rings. The smallest absolute Gasteiger partial charge is 0.330 e. The monoisotopic (exact) mass is 496 g/mol. The molecule has 0 spiro atoms. The van der Waals surface area contributed by atoms with E-state index < -0.39 is 23.4 Å². The highest BCUT2D eigenvalue weighted by Crippen LogP contribution is 2.32. The minimum Gasteiger partial charge on any atom is -0.330 e. The van der Waals surface area contributed by atoms with Crippen LogP contribution in [0.3, 0.4) is 0 Å². The molecule has 0 saturated carbocycles. The number of imide groups is 1. The molecule has 176 valence electrons. The van der Waals surface area contributed by atoms with Gasteiger partial charge >= 0.3 is 6.03 Å². The molecule has 0 aliphatic carbocycles. The highest BCUT2D eigenvalue weighted by Gasteiger charge is 2.52. The van der Waals surface area contributed by atoms with Crippen molar-refractivity contribution in [3.63, 3.8) is 0 Å². The van der Waals surface area contributed by atoms with Crippen LogP contribution in [-0.4, -0.2) is 38.8 Å². The van der Waals surface area contributed by atoms with Crippen molar-refractivity contribution in [1.82, 2.24) is 25.9 Å². The highest BCUT2D eigenvalue weighted by molar-refractivity contribution is 8.01. The molecule has 34 heavy (non-hydrogen) atoms. The quantitative estimate of drug-likeness (QED) is 0.320. The van der Waals surface area contributed by atoms with Crippen LogP contribution in [0.2, 0.25) is 0 Å². The third-order valence-electron chi connectivity index (χ3n) is 5.62. The van der Waals surface area contributed by atoms with Gasteiger partial charge in [-0.3, -0.25) is 15.0 Å². The summed E-state index contributed by atoms with van der Waals surface area (Å²) in [6.07, 6.45) is 0.351. The lowest BCUT2D eigenvalue weighted by Crippen LogP contribution is -2.49. The molecular formula is C23H24N6O3S2. The van der Waals surface area contributed by atoms with Gasteiger partial charge in [0.15, 0.2) is 4.34 Å². The van der Waals surface area contributed by atoms with Gasteiger partial charge in [0.2, 0.25) is 11.0 Å². The van der Waals surface area contributed by atoms with Crippen LogP contribution in [0.15, 0.2) is 52.9 Å². The molecule has 1 aliphatic rings. The molecule has 1 saturated heterocycles. The summed E-state index contributed by atoms with van der Waals surface area (Å²) in [5, 5.41) is 15.5. The van der Waals surface area contributed by atoms with E-state index in [4.69, 9.17) is 0 Å². The van der Waals surface area contributed by atoms with Crippen molar-refractivity contribution in [3.8, 4) is 0 Å². The van der Waals surface area contributed by atoms with Crippen LogP contribution in [0, 0.1) is 13.8 Å². The molecule has 4 rings (SSSR count). The number of anilines is 2. The van der Waals surface area contributed by atoms with Crippen LogP contribution in [0.5, 0.6) is 0 Å². The predicted octanol–water partition coefficient (Wildman–Crippen LogP) is 3.88. The van der Waals surface area contributed by atoms with E-state index in [2.05, 4.69) is 26.3 Å². The van der Waals surface area contributed by atoms with Gasteiger partial charge < -0.3 is 10.6 Å². The number of hydrogen-bond donors (Lipinski definition) is 3. The SMILES string of the molecule is CCC1(c2ccccc2)NC(=O)N(NC(=O)CSc2nnc(Nc3ccc(C)c(C)c3)s2)C1=O. The summed E-state index contributed by atoms with van der Waals surface area (Å²) < 4.78 is 0.589. The predicted molar refractivity (Wildman–Crippen MR) is 132 cm³/mol. The number of nitrogens with one attached hydrogen (secondary N) is 3. The normalized spacial score (nSPS) is 17.6. The number of amides is 4. The fourth-order valence-corrected chi connectivity index (χ4v) is 5.15. The minimum absolute atomic E-state index is 0.0280. The summed E-state index contributed by atoms with van der Waals surface area (Å²) in [6.45, 7) is 5.90. The number of thioether (sulfide) groups is 1. The summed E-state index contributed by atoms with van der Waals surface area (Å²) >= 11 is 2.49. The zero-order valence-electron chi connectivity index (χ0n) is 18.9. The van der Waals surface area contributed by atoms with Crippen LogP contribution in [0.1, 0.15) is 30.0 Å². The number of rotatable bonds is 8. The second-order valence-electron chi connectivity index (χ2n) is 7.82. The van der Waals surface area contributed by atoms with Gasteiger partial charge in [0.25, 0.3) is 5.91 Å². The fourth-order valence-electron chi connectivity index (χ4n) is 3.58. The van der Waals surface area contributed by atoms with E-state index in [0.717, 1.165) is 10.7 Å². The first-order chi connectivity index (χ1) is 16.3. The molecular weight excluding hydrogens is 472 g/mol. The van der Waals surface area contributed by atoms with Crippen LogP contribution in [0.4, 0.5) is 15.6 Å². The maximum Gasteiger partial charge on any atom is 0.344 e. The molecule has 4 amide bonds. The van der Waals surface area contributed by atoms with E-state index in [9.17, 15) is 14.4 Å². The Balaban J connectivity index is 1.35. The molecule has 11 heteroatoms. The Bertz CT molecular complexity index is 1230. The molecule has 2 heterocycles. The number of carbonyl (C=O) groups excluding carboxylic acids is 3.